The van der Waals surface area contributed by atoms with Gasteiger partial charge in [-0.25, -0.2) is 0 Å². The molecule has 3 heteroatoms. The predicted molar refractivity (Wildman–Crippen MR) is 87.2 cm³/mol. The Morgan fingerprint density at radius 1 is 1.15 bits per heavy atom. The first-order chi connectivity index (χ1) is 9.70. The van der Waals surface area contributed by atoms with E-state index in [2.05, 4.69) is 35.9 Å². The Morgan fingerprint density at radius 3 is 2.45 bits per heavy atom. The molecule has 1 unspecified atom stereocenters. The van der Waals surface area contributed by atoms with E-state index in [1.165, 1.54) is 71.2 Å². The number of nitrogens with one attached hydrogen (secondary N) is 1. The lowest BCUT2D eigenvalue weighted by Gasteiger charge is -2.42. The van der Waals surface area contributed by atoms with Crippen molar-refractivity contribution in [3.8, 4) is 0 Å². The maximum Gasteiger partial charge on any atom is 0.0195 e. The minimum absolute atomic E-state index is 0.682. The summed E-state index contributed by atoms with van der Waals surface area (Å²) in [4.78, 5) is 5.43. The second kappa shape index (κ2) is 8.35. The zero-order valence-corrected chi connectivity index (χ0v) is 13.9. The van der Waals surface area contributed by atoms with Crippen molar-refractivity contribution in [1.29, 1.82) is 0 Å². The second-order valence-corrected chi connectivity index (χ2v) is 7.01. The largest absolute Gasteiger partial charge is 0.313 e. The fraction of sp³-hybridized carbons (Fsp3) is 1.00. The summed E-state index contributed by atoms with van der Waals surface area (Å²) in [5.74, 6) is 0. The van der Waals surface area contributed by atoms with E-state index < -0.39 is 0 Å². The third kappa shape index (κ3) is 4.71. The first-order valence-electron chi connectivity index (χ1n) is 8.92. The summed E-state index contributed by atoms with van der Waals surface area (Å²) < 4.78 is 0. The summed E-state index contributed by atoms with van der Waals surface area (Å²) in [6.07, 6.45) is 8.18. The van der Waals surface area contributed by atoms with Crippen LogP contribution in [0.4, 0.5) is 0 Å². The van der Waals surface area contributed by atoms with Crippen LogP contribution in [0.1, 0.15) is 59.3 Å². The molecule has 2 heterocycles. The number of piperidine rings is 2. The highest BCUT2D eigenvalue weighted by atomic mass is 15.2. The second-order valence-electron chi connectivity index (χ2n) is 7.01. The molecule has 0 amide bonds. The van der Waals surface area contributed by atoms with Gasteiger partial charge in [0, 0.05) is 24.7 Å². The Bertz CT molecular complexity index is 253. The van der Waals surface area contributed by atoms with E-state index in [0.29, 0.717) is 6.04 Å². The van der Waals surface area contributed by atoms with Crippen LogP contribution in [-0.4, -0.2) is 60.6 Å². The molecule has 2 saturated heterocycles. The van der Waals surface area contributed by atoms with Gasteiger partial charge in [0.1, 0.15) is 0 Å². The Balaban J connectivity index is 1.82. The molecule has 0 aliphatic carbocycles. The minimum atomic E-state index is 0.682. The average Bonchev–Trinajstić information content (AvgIpc) is 2.47. The van der Waals surface area contributed by atoms with Crippen molar-refractivity contribution >= 4 is 0 Å². The van der Waals surface area contributed by atoms with Crippen LogP contribution in [0.15, 0.2) is 0 Å². The topological polar surface area (TPSA) is 18.5 Å². The SMILES string of the molecule is CCCN1CCC(N(CC2CCCCN2)C(C)C)CC1. The van der Waals surface area contributed by atoms with Crippen molar-refractivity contribution in [3.05, 3.63) is 0 Å². The van der Waals surface area contributed by atoms with Crippen LogP contribution >= 0.6 is 0 Å². The van der Waals surface area contributed by atoms with Gasteiger partial charge in [-0.1, -0.05) is 13.3 Å². The molecule has 20 heavy (non-hydrogen) atoms. The number of likely N-dealkylation sites (tertiary alicyclic amines) is 1. The molecule has 1 atom stereocenters. The molecule has 2 aliphatic rings. The van der Waals surface area contributed by atoms with E-state index in [-0.39, 0.29) is 0 Å². The maximum atomic E-state index is 3.72. The van der Waals surface area contributed by atoms with Gasteiger partial charge in [0.2, 0.25) is 0 Å². The standard InChI is InChI=1S/C17H35N3/c1-4-11-19-12-8-17(9-13-19)20(15(2)3)14-16-7-5-6-10-18-16/h15-18H,4-14H2,1-3H3. The van der Waals surface area contributed by atoms with Gasteiger partial charge >= 0.3 is 0 Å². The highest BCUT2D eigenvalue weighted by Crippen LogP contribution is 2.21. The van der Waals surface area contributed by atoms with Crippen LogP contribution in [0.25, 0.3) is 0 Å². The van der Waals surface area contributed by atoms with Crippen molar-refractivity contribution in [3.63, 3.8) is 0 Å². The Morgan fingerprint density at radius 2 is 1.90 bits per heavy atom. The van der Waals surface area contributed by atoms with Crippen molar-refractivity contribution in [2.24, 2.45) is 0 Å². The van der Waals surface area contributed by atoms with Crippen LogP contribution in [-0.2, 0) is 0 Å². The lowest BCUT2D eigenvalue weighted by Crippen LogP contribution is -2.53. The van der Waals surface area contributed by atoms with Gasteiger partial charge in [-0.15, -0.1) is 0 Å². The Hall–Kier alpha value is -0.120. The number of nitrogens with zero attached hydrogens (tertiary/aromatic N) is 2. The molecular formula is C17H35N3. The number of hydrogen-bond acceptors (Lipinski definition) is 3. The molecule has 1 N–H and O–H groups in total. The third-order valence-electron chi connectivity index (χ3n) is 5.07. The molecular weight excluding hydrogens is 246 g/mol. The Labute approximate surface area is 126 Å². The van der Waals surface area contributed by atoms with Crippen LogP contribution in [0.5, 0.6) is 0 Å². The van der Waals surface area contributed by atoms with Crippen molar-refractivity contribution < 1.29 is 0 Å². The van der Waals surface area contributed by atoms with Crippen LogP contribution < -0.4 is 5.32 Å². The summed E-state index contributed by atoms with van der Waals surface area (Å²) in [6, 6.07) is 2.23. The van der Waals surface area contributed by atoms with E-state index in [9.17, 15) is 0 Å². The monoisotopic (exact) mass is 281 g/mol. The lowest BCUT2D eigenvalue weighted by molar-refractivity contribution is 0.0727. The van der Waals surface area contributed by atoms with E-state index in [4.69, 9.17) is 0 Å². The molecule has 0 radical (unpaired) electrons. The fourth-order valence-corrected chi connectivity index (χ4v) is 3.91. The summed E-state index contributed by atoms with van der Waals surface area (Å²) in [5.41, 5.74) is 0. The summed E-state index contributed by atoms with van der Waals surface area (Å²) >= 11 is 0. The molecule has 0 spiro atoms. The molecule has 0 aromatic heterocycles. The van der Waals surface area contributed by atoms with E-state index in [1.807, 2.05) is 0 Å². The quantitative estimate of drug-likeness (QED) is 0.807. The fourth-order valence-electron chi connectivity index (χ4n) is 3.91. The average molecular weight is 281 g/mol. The van der Waals surface area contributed by atoms with Gasteiger partial charge in [-0.3, -0.25) is 4.90 Å². The van der Waals surface area contributed by atoms with Crippen LogP contribution in [0.3, 0.4) is 0 Å². The highest BCUT2D eigenvalue weighted by Gasteiger charge is 2.28. The molecule has 0 aromatic rings. The van der Waals surface area contributed by atoms with Gasteiger partial charge in [0.25, 0.3) is 0 Å². The van der Waals surface area contributed by atoms with E-state index in [1.54, 1.807) is 0 Å². The van der Waals surface area contributed by atoms with Gasteiger partial charge in [0.15, 0.2) is 0 Å². The number of hydrogen-bond donors (Lipinski definition) is 1. The van der Waals surface area contributed by atoms with Gasteiger partial charge in [-0.2, -0.15) is 0 Å². The zero-order chi connectivity index (χ0) is 14.4. The lowest BCUT2D eigenvalue weighted by atomic mass is 9.98. The normalized spacial score (nSPS) is 26.6. The third-order valence-corrected chi connectivity index (χ3v) is 5.07. The zero-order valence-electron chi connectivity index (χ0n) is 13.9. The van der Waals surface area contributed by atoms with E-state index in [0.717, 1.165) is 12.1 Å². The molecule has 2 fully saturated rings. The van der Waals surface area contributed by atoms with Crippen molar-refractivity contribution in [1.82, 2.24) is 15.1 Å². The minimum Gasteiger partial charge on any atom is -0.313 e. The van der Waals surface area contributed by atoms with Gasteiger partial charge in [0.05, 0.1) is 0 Å². The Kier molecular flexibility index (Phi) is 6.79. The summed E-state index contributed by atoms with van der Waals surface area (Å²) in [6.45, 7) is 13.4. The summed E-state index contributed by atoms with van der Waals surface area (Å²) in [7, 11) is 0. The molecule has 0 bridgehead atoms. The number of rotatable bonds is 6. The molecule has 118 valence electrons. The first-order valence-corrected chi connectivity index (χ1v) is 8.92. The van der Waals surface area contributed by atoms with Crippen LogP contribution in [0, 0.1) is 0 Å². The molecule has 0 saturated carbocycles. The molecule has 0 aromatic carbocycles. The molecule has 2 aliphatic heterocycles. The summed E-state index contributed by atoms with van der Waals surface area (Å²) in [5, 5.41) is 3.72. The first kappa shape index (κ1) is 16.3. The molecule has 3 nitrogen and oxygen atoms in total. The smallest absolute Gasteiger partial charge is 0.0195 e. The van der Waals surface area contributed by atoms with E-state index >= 15 is 0 Å². The van der Waals surface area contributed by atoms with Crippen LogP contribution in [0.2, 0.25) is 0 Å². The maximum absolute atomic E-state index is 3.72. The van der Waals surface area contributed by atoms with Crippen molar-refractivity contribution in [2.75, 3.05) is 32.7 Å². The van der Waals surface area contributed by atoms with Gasteiger partial charge in [-0.05, 0) is 72.1 Å². The molecule has 2 rings (SSSR count). The highest BCUT2D eigenvalue weighted by molar-refractivity contribution is 4.85. The van der Waals surface area contributed by atoms with Gasteiger partial charge < -0.3 is 10.2 Å². The predicted octanol–water partition coefficient (Wildman–Crippen LogP) is 2.71. The van der Waals surface area contributed by atoms with Crippen molar-refractivity contribution in [2.45, 2.75) is 77.4 Å².